The first-order valence-electron chi connectivity index (χ1n) is 11.0. The summed E-state index contributed by atoms with van der Waals surface area (Å²) in [5, 5.41) is 8.85. The molecule has 0 aliphatic rings. The van der Waals surface area contributed by atoms with Crippen molar-refractivity contribution in [3.8, 4) is 6.07 Å². The van der Waals surface area contributed by atoms with Crippen molar-refractivity contribution in [2.45, 2.75) is 32.2 Å². The van der Waals surface area contributed by atoms with Crippen LogP contribution in [-0.4, -0.2) is 15.5 Å². The van der Waals surface area contributed by atoms with Gasteiger partial charge in [-0.05, 0) is 41.5 Å². The highest BCUT2D eigenvalue weighted by Gasteiger charge is 2.31. The summed E-state index contributed by atoms with van der Waals surface area (Å²) < 4.78 is 46.5. The van der Waals surface area contributed by atoms with Gasteiger partial charge in [-0.15, -0.1) is 0 Å². The monoisotopic (exact) mass is 491 g/mol. The molecule has 0 fully saturated rings. The Morgan fingerprint density at radius 1 is 1.00 bits per heavy atom. The molecule has 0 aliphatic heterocycles. The lowest BCUT2D eigenvalue weighted by molar-refractivity contribution is -0.145. The number of benzene rings is 3. The number of hydrogen-bond acceptors (Lipinski definition) is 5. The topological polar surface area (TPSA) is 85.0 Å². The number of nitrogens with zero attached hydrogens (tertiary/aromatic N) is 3. The van der Waals surface area contributed by atoms with Gasteiger partial charge in [0.25, 0.3) is 5.56 Å². The zero-order chi connectivity index (χ0) is 25.7. The molecule has 0 radical (unpaired) electrons. The predicted molar refractivity (Wildman–Crippen MR) is 126 cm³/mol. The molecule has 9 heteroatoms. The Balaban J connectivity index is 1.58. The van der Waals surface area contributed by atoms with E-state index >= 15 is 0 Å². The second-order valence-electron chi connectivity index (χ2n) is 8.11. The fourth-order valence-electron chi connectivity index (χ4n) is 3.69. The largest absolute Gasteiger partial charge is 0.461 e. The number of esters is 1. The Labute approximate surface area is 204 Å². The van der Waals surface area contributed by atoms with Crippen molar-refractivity contribution < 1.29 is 22.7 Å². The summed E-state index contributed by atoms with van der Waals surface area (Å²) in [6.07, 6.45) is -4.83. The van der Waals surface area contributed by atoms with Gasteiger partial charge in [0.2, 0.25) is 0 Å². The van der Waals surface area contributed by atoms with Crippen LogP contribution >= 0.6 is 0 Å². The fraction of sp³-hybridized carbons (Fsp3) is 0.185. The number of carbonyl (C=O) groups is 1. The third kappa shape index (κ3) is 5.78. The van der Waals surface area contributed by atoms with Gasteiger partial charge in [0.15, 0.2) is 0 Å². The Kier molecular flexibility index (Phi) is 7.15. The highest BCUT2D eigenvalue weighted by atomic mass is 19.4. The minimum absolute atomic E-state index is 0.0110. The van der Waals surface area contributed by atoms with E-state index in [-0.39, 0.29) is 42.7 Å². The number of fused-ring (bicyclic) bond motifs is 1. The molecule has 0 atom stereocenters. The number of rotatable bonds is 7. The standard InChI is InChI=1S/C27H20F3N3O3/c28-27(29,30)21-10-12-24-23(14-21)32-22(26(35)33(24)16-19-4-2-1-3-5-19)11-13-25(34)36-17-20-8-6-18(15-31)7-9-20/h1-10,12,14H,11,13,16-17H2. The van der Waals surface area contributed by atoms with Gasteiger partial charge in [-0.2, -0.15) is 18.4 Å². The SMILES string of the molecule is N#Cc1ccc(COC(=O)CCc2nc3cc(C(F)(F)F)ccc3n(Cc3ccccc3)c2=O)cc1. The van der Waals surface area contributed by atoms with Gasteiger partial charge in [0.05, 0.1) is 41.2 Å². The Hall–Kier alpha value is -4.45. The van der Waals surface area contributed by atoms with Crippen molar-refractivity contribution in [3.63, 3.8) is 0 Å². The number of carbonyl (C=O) groups excluding carboxylic acids is 1. The molecule has 0 saturated carbocycles. The molecule has 3 aromatic carbocycles. The zero-order valence-corrected chi connectivity index (χ0v) is 19.0. The average molecular weight is 491 g/mol. The summed E-state index contributed by atoms with van der Waals surface area (Å²) in [6, 6.07) is 20.6. The third-order valence-corrected chi connectivity index (χ3v) is 5.57. The molecule has 0 N–H and O–H groups in total. The zero-order valence-electron chi connectivity index (χ0n) is 19.0. The number of ether oxygens (including phenoxy) is 1. The molecule has 4 rings (SSSR count). The predicted octanol–water partition coefficient (Wildman–Crippen LogP) is 5.01. The normalized spacial score (nSPS) is 11.3. The smallest absolute Gasteiger partial charge is 0.416 e. The van der Waals surface area contributed by atoms with E-state index in [2.05, 4.69) is 4.98 Å². The first kappa shape index (κ1) is 24.7. The van der Waals surface area contributed by atoms with Crippen molar-refractivity contribution >= 4 is 17.0 Å². The molecule has 0 bridgehead atoms. The number of alkyl halides is 3. The van der Waals surface area contributed by atoms with E-state index < -0.39 is 23.3 Å². The van der Waals surface area contributed by atoms with Crippen LogP contribution in [0.15, 0.2) is 77.6 Å². The lowest BCUT2D eigenvalue weighted by atomic mass is 10.1. The van der Waals surface area contributed by atoms with Gasteiger partial charge in [-0.25, -0.2) is 4.98 Å². The third-order valence-electron chi connectivity index (χ3n) is 5.57. The number of aromatic nitrogens is 2. The summed E-state index contributed by atoms with van der Waals surface area (Å²) in [4.78, 5) is 29.7. The summed E-state index contributed by atoms with van der Waals surface area (Å²) in [5.74, 6) is -0.584. The number of halogens is 3. The van der Waals surface area contributed by atoms with E-state index in [1.807, 2.05) is 24.3 Å². The van der Waals surface area contributed by atoms with Gasteiger partial charge in [-0.1, -0.05) is 42.5 Å². The first-order valence-corrected chi connectivity index (χ1v) is 11.0. The summed E-state index contributed by atoms with van der Waals surface area (Å²) in [7, 11) is 0. The second kappa shape index (κ2) is 10.4. The van der Waals surface area contributed by atoms with Gasteiger partial charge in [-0.3, -0.25) is 9.59 Å². The van der Waals surface area contributed by atoms with Crippen LogP contribution in [0.5, 0.6) is 0 Å². The van der Waals surface area contributed by atoms with Crippen LogP contribution in [0, 0.1) is 11.3 Å². The Bertz CT molecular complexity index is 1490. The maximum atomic E-state index is 13.3. The van der Waals surface area contributed by atoms with Gasteiger partial charge in [0, 0.05) is 6.42 Å². The number of aryl methyl sites for hydroxylation is 1. The van der Waals surface area contributed by atoms with Crippen LogP contribution in [0.2, 0.25) is 0 Å². The van der Waals surface area contributed by atoms with E-state index in [1.54, 1.807) is 36.4 Å². The molecule has 0 unspecified atom stereocenters. The molecular formula is C27H20F3N3O3. The van der Waals surface area contributed by atoms with Crippen LogP contribution in [-0.2, 0) is 35.3 Å². The molecular weight excluding hydrogens is 471 g/mol. The van der Waals surface area contributed by atoms with E-state index in [1.165, 1.54) is 10.6 Å². The van der Waals surface area contributed by atoms with Crippen molar-refractivity contribution in [3.05, 3.63) is 111 Å². The molecule has 0 aliphatic carbocycles. The molecule has 182 valence electrons. The van der Waals surface area contributed by atoms with E-state index in [9.17, 15) is 22.8 Å². The highest BCUT2D eigenvalue weighted by Crippen LogP contribution is 2.31. The van der Waals surface area contributed by atoms with E-state index in [0.717, 1.165) is 17.7 Å². The highest BCUT2D eigenvalue weighted by molar-refractivity contribution is 5.76. The van der Waals surface area contributed by atoms with Gasteiger partial charge < -0.3 is 9.30 Å². The van der Waals surface area contributed by atoms with E-state index in [4.69, 9.17) is 10.00 Å². The van der Waals surface area contributed by atoms with Crippen molar-refractivity contribution in [1.29, 1.82) is 5.26 Å². The maximum Gasteiger partial charge on any atom is 0.416 e. The van der Waals surface area contributed by atoms with Gasteiger partial charge >= 0.3 is 12.1 Å². The maximum absolute atomic E-state index is 13.3. The molecule has 1 heterocycles. The van der Waals surface area contributed by atoms with Crippen LogP contribution in [0.4, 0.5) is 13.2 Å². The number of hydrogen-bond donors (Lipinski definition) is 0. The van der Waals surface area contributed by atoms with Crippen LogP contribution < -0.4 is 5.56 Å². The minimum atomic E-state index is -4.56. The van der Waals surface area contributed by atoms with E-state index in [0.29, 0.717) is 11.1 Å². The molecule has 1 aromatic heterocycles. The fourth-order valence-corrected chi connectivity index (χ4v) is 3.69. The molecule has 6 nitrogen and oxygen atoms in total. The lowest BCUT2D eigenvalue weighted by Crippen LogP contribution is -2.27. The lowest BCUT2D eigenvalue weighted by Gasteiger charge is -2.14. The molecule has 0 spiro atoms. The quantitative estimate of drug-likeness (QED) is 0.339. The Morgan fingerprint density at radius 2 is 1.72 bits per heavy atom. The minimum Gasteiger partial charge on any atom is -0.461 e. The summed E-state index contributed by atoms with van der Waals surface area (Å²) in [6.45, 7) is 0.128. The Morgan fingerprint density at radius 3 is 2.39 bits per heavy atom. The molecule has 0 amide bonds. The van der Waals surface area contributed by atoms with Crippen LogP contribution in [0.25, 0.3) is 11.0 Å². The first-order chi connectivity index (χ1) is 17.2. The number of nitriles is 1. The summed E-state index contributed by atoms with van der Waals surface area (Å²) in [5.41, 5.74) is 0.869. The van der Waals surface area contributed by atoms with Crippen LogP contribution in [0.1, 0.15) is 34.4 Å². The van der Waals surface area contributed by atoms with Crippen molar-refractivity contribution in [2.24, 2.45) is 0 Å². The van der Waals surface area contributed by atoms with Crippen molar-refractivity contribution in [1.82, 2.24) is 9.55 Å². The molecule has 36 heavy (non-hydrogen) atoms. The summed E-state index contributed by atoms with van der Waals surface area (Å²) >= 11 is 0. The second-order valence-corrected chi connectivity index (χ2v) is 8.11. The molecule has 4 aromatic rings. The molecule has 0 saturated heterocycles. The van der Waals surface area contributed by atoms with Crippen molar-refractivity contribution in [2.75, 3.05) is 0 Å². The van der Waals surface area contributed by atoms with Gasteiger partial charge in [0.1, 0.15) is 12.3 Å². The average Bonchev–Trinajstić information content (AvgIpc) is 2.88. The van der Waals surface area contributed by atoms with Crippen LogP contribution in [0.3, 0.4) is 0 Å².